The van der Waals surface area contributed by atoms with Gasteiger partial charge in [-0.15, -0.1) is 11.3 Å². The van der Waals surface area contributed by atoms with Crippen molar-refractivity contribution in [2.75, 3.05) is 18.1 Å². The summed E-state index contributed by atoms with van der Waals surface area (Å²) in [6, 6.07) is 2.82. The Hall–Kier alpha value is -0.440. The molecule has 20 heavy (non-hydrogen) atoms. The molecule has 2 rings (SSSR count). The molecule has 0 unspecified atom stereocenters. The van der Waals surface area contributed by atoms with Crippen LogP contribution < -0.4 is 0 Å². The van der Waals surface area contributed by atoms with E-state index in [4.69, 9.17) is 0 Å². The largest absolute Gasteiger partial charge is 0.252 e. The SMILES string of the molecule is CC(C)CN([C@H]1CCS(=O)(=O)C1)S(=O)(=O)c1cccs1. The second kappa shape index (κ2) is 5.75. The lowest BCUT2D eigenvalue weighted by Gasteiger charge is -2.28. The maximum Gasteiger partial charge on any atom is 0.252 e. The zero-order valence-electron chi connectivity index (χ0n) is 11.5. The lowest BCUT2D eigenvalue weighted by atomic mass is 10.2. The summed E-state index contributed by atoms with van der Waals surface area (Å²) in [5.41, 5.74) is 0. The van der Waals surface area contributed by atoms with Gasteiger partial charge in [-0.1, -0.05) is 19.9 Å². The molecule has 0 N–H and O–H groups in total. The fraction of sp³-hybridized carbons (Fsp3) is 0.667. The van der Waals surface area contributed by atoms with E-state index < -0.39 is 25.9 Å². The average Bonchev–Trinajstić information content (AvgIpc) is 2.94. The summed E-state index contributed by atoms with van der Waals surface area (Å²) < 4.78 is 50.3. The van der Waals surface area contributed by atoms with Gasteiger partial charge in [0.25, 0.3) is 10.0 Å². The molecule has 0 aromatic carbocycles. The van der Waals surface area contributed by atoms with Crippen LogP contribution in [0.2, 0.25) is 0 Å². The van der Waals surface area contributed by atoms with Crippen LogP contribution in [0.1, 0.15) is 20.3 Å². The summed E-state index contributed by atoms with van der Waals surface area (Å²) in [6.45, 7) is 4.21. The highest BCUT2D eigenvalue weighted by molar-refractivity contribution is 7.92. The number of sulfonamides is 1. The molecule has 0 spiro atoms. The van der Waals surface area contributed by atoms with Crippen LogP contribution in [0.4, 0.5) is 0 Å². The first-order chi connectivity index (χ1) is 9.22. The van der Waals surface area contributed by atoms with Crippen molar-refractivity contribution in [2.45, 2.75) is 30.5 Å². The van der Waals surface area contributed by atoms with Gasteiger partial charge in [0.2, 0.25) is 0 Å². The van der Waals surface area contributed by atoms with E-state index in [1.54, 1.807) is 17.5 Å². The van der Waals surface area contributed by atoms with E-state index in [9.17, 15) is 16.8 Å². The third kappa shape index (κ3) is 3.41. The zero-order chi connectivity index (χ0) is 15.0. The molecule has 0 saturated carbocycles. The second-order valence-corrected chi connectivity index (χ2v) is 10.8. The summed E-state index contributed by atoms with van der Waals surface area (Å²) >= 11 is 1.16. The quantitative estimate of drug-likeness (QED) is 0.818. The molecule has 2 heterocycles. The van der Waals surface area contributed by atoms with Crippen molar-refractivity contribution in [2.24, 2.45) is 5.92 Å². The number of rotatable bonds is 5. The number of thiophene rings is 1. The molecule has 1 saturated heterocycles. The normalized spacial score (nSPS) is 22.7. The van der Waals surface area contributed by atoms with Crippen molar-refractivity contribution in [3.63, 3.8) is 0 Å². The van der Waals surface area contributed by atoms with Crippen molar-refractivity contribution in [1.82, 2.24) is 4.31 Å². The molecule has 5 nitrogen and oxygen atoms in total. The van der Waals surface area contributed by atoms with Gasteiger partial charge in [0.1, 0.15) is 4.21 Å². The van der Waals surface area contributed by atoms with Crippen molar-refractivity contribution < 1.29 is 16.8 Å². The molecule has 0 aliphatic carbocycles. The van der Waals surface area contributed by atoms with Crippen LogP contribution in [-0.2, 0) is 19.9 Å². The summed E-state index contributed by atoms with van der Waals surface area (Å²) in [6.07, 6.45) is 0.389. The minimum atomic E-state index is -3.60. The second-order valence-electron chi connectivity index (χ2n) is 5.46. The summed E-state index contributed by atoms with van der Waals surface area (Å²) in [4.78, 5) is 0. The number of sulfone groups is 1. The summed E-state index contributed by atoms with van der Waals surface area (Å²) in [7, 11) is -6.71. The monoisotopic (exact) mass is 337 g/mol. The number of hydrogen-bond donors (Lipinski definition) is 0. The highest BCUT2D eigenvalue weighted by Gasteiger charge is 2.39. The smallest absolute Gasteiger partial charge is 0.229 e. The van der Waals surface area contributed by atoms with Crippen molar-refractivity contribution in [1.29, 1.82) is 0 Å². The molecular formula is C12H19NO4S3. The lowest BCUT2D eigenvalue weighted by molar-refractivity contribution is 0.308. The Morgan fingerprint density at radius 1 is 1.45 bits per heavy atom. The lowest BCUT2D eigenvalue weighted by Crippen LogP contribution is -2.42. The maximum atomic E-state index is 12.7. The highest BCUT2D eigenvalue weighted by Crippen LogP contribution is 2.28. The molecule has 0 bridgehead atoms. The Bertz CT molecular complexity index is 647. The fourth-order valence-corrected chi connectivity index (χ4v) is 7.09. The average molecular weight is 337 g/mol. The van der Waals surface area contributed by atoms with Crippen LogP contribution in [0.25, 0.3) is 0 Å². The molecule has 1 aromatic heterocycles. The third-order valence-corrected chi connectivity index (χ3v) is 8.26. The van der Waals surface area contributed by atoms with Crippen LogP contribution in [-0.4, -0.2) is 45.2 Å². The van der Waals surface area contributed by atoms with Crippen LogP contribution in [0, 0.1) is 5.92 Å². The predicted octanol–water partition coefficient (Wildman–Crippen LogP) is 1.58. The van der Waals surface area contributed by atoms with E-state index in [1.165, 1.54) is 4.31 Å². The molecule has 8 heteroatoms. The van der Waals surface area contributed by atoms with Gasteiger partial charge in [-0.3, -0.25) is 0 Å². The Morgan fingerprint density at radius 3 is 2.60 bits per heavy atom. The Labute approximate surface area is 124 Å². The van der Waals surface area contributed by atoms with Gasteiger partial charge in [-0.25, -0.2) is 16.8 Å². The molecule has 114 valence electrons. The van der Waals surface area contributed by atoms with E-state index in [0.717, 1.165) is 11.3 Å². The van der Waals surface area contributed by atoms with Crippen molar-refractivity contribution in [3.8, 4) is 0 Å². The third-order valence-electron chi connectivity index (χ3n) is 3.22. The standard InChI is InChI=1S/C12H19NO4S3/c1-10(2)8-13(11-5-7-19(14,15)9-11)20(16,17)12-4-3-6-18-12/h3-4,6,10-11H,5,7-9H2,1-2H3/t11-/m0/s1. The van der Waals surface area contributed by atoms with Crippen molar-refractivity contribution >= 4 is 31.2 Å². The van der Waals surface area contributed by atoms with E-state index >= 15 is 0 Å². The first kappa shape index (κ1) is 15.9. The minimum absolute atomic E-state index is 0.0652. The van der Waals surface area contributed by atoms with Crippen LogP contribution >= 0.6 is 11.3 Å². The van der Waals surface area contributed by atoms with E-state index in [0.29, 0.717) is 13.0 Å². The number of hydrogen-bond acceptors (Lipinski definition) is 5. The molecule has 1 fully saturated rings. The topological polar surface area (TPSA) is 71.5 Å². The van der Waals surface area contributed by atoms with E-state index in [1.807, 2.05) is 13.8 Å². The van der Waals surface area contributed by atoms with Gasteiger partial charge in [0, 0.05) is 12.6 Å². The zero-order valence-corrected chi connectivity index (χ0v) is 14.0. The molecular weight excluding hydrogens is 318 g/mol. The highest BCUT2D eigenvalue weighted by atomic mass is 32.2. The van der Waals surface area contributed by atoms with Crippen LogP contribution in [0.5, 0.6) is 0 Å². The number of nitrogens with zero attached hydrogens (tertiary/aromatic N) is 1. The Balaban J connectivity index is 2.34. The van der Waals surface area contributed by atoms with Gasteiger partial charge in [-0.2, -0.15) is 4.31 Å². The van der Waals surface area contributed by atoms with Gasteiger partial charge in [-0.05, 0) is 23.8 Å². The molecule has 1 aliphatic rings. The predicted molar refractivity (Wildman–Crippen MR) is 80.1 cm³/mol. The minimum Gasteiger partial charge on any atom is -0.229 e. The van der Waals surface area contributed by atoms with E-state index in [-0.39, 0.29) is 21.6 Å². The molecule has 1 aromatic rings. The van der Waals surface area contributed by atoms with E-state index in [2.05, 4.69) is 0 Å². The first-order valence-electron chi connectivity index (χ1n) is 6.48. The van der Waals surface area contributed by atoms with Crippen molar-refractivity contribution in [3.05, 3.63) is 17.5 Å². The Morgan fingerprint density at radius 2 is 2.15 bits per heavy atom. The first-order valence-corrected chi connectivity index (χ1v) is 10.6. The Kier molecular flexibility index (Phi) is 4.58. The van der Waals surface area contributed by atoms with Crippen LogP contribution in [0.3, 0.4) is 0 Å². The summed E-state index contributed by atoms with van der Waals surface area (Å²) in [5, 5.41) is 1.71. The van der Waals surface area contributed by atoms with Crippen LogP contribution in [0.15, 0.2) is 21.7 Å². The van der Waals surface area contributed by atoms with Gasteiger partial charge < -0.3 is 0 Å². The molecule has 1 aliphatic heterocycles. The molecule has 0 amide bonds. The van der Waals surface area contributed by atoms with Gasteiger partial charge >= 0.3 is 0 Å². The maximum absolute atomic E-state index is 12.7. The van der Waals surface area contributed by atoms with Gasteiger partial charge in [0.05, 0.1) is 11.5 Å². The molecule has 0 radical (unpaired) electrons. The molecule has 1 atom stereocenters. The summed E-state index contributed by atoms with van der Waals surface area (Å²) in [5.74, 6) is 0.157. The fourth-order valence-electron chi connectivity index (χ4n) is 2.33. The van der Waals surface area contributed by atoms with Gasteiger partial charge in [0.15, 0.2) is 9.84 Å².